The minimum Gasteiger partial charge on any atom is -0.455 e. The van der Waals surface area contributed by atoms with E-state index < -0.39 is 0 Å². The van der Waals surface area contributed by atoms with E-state index in [1.54, 1.807) is 0 Å². The summed E-state index contributed by atoms with van der Waals surface area (Å²) in [5, 5.41) is 4.53. The van der Waals surface area contributed by atoms with Gasteiger partial charge in [-0.05, 0) is 29.8 Å². The van der Waals surface area contributed by atoms with E-state index >= 15 is 0 Å². The molecule has 0 spiro atoms. The molecule has 0 saturated heterocycles. The van der Waals surface area contributed by atoms with Crippen LogP contribution in [0, 0.1) is 0 Å². The van der Waals surface area contributed by atoms with Crippen LogP contribution in [0.5, 0.6) is 0 Å². The lowest BCUT2D eigenvalue weighted by Crippen LogP contribution is -2.03. The summed E-state index contributed by atoms with van der Waals surface area (Å²) in [7, 11) is 0. The average Bonchev–Trinajstić information content (AvgIpc) is 3.58. The Balaban J connectivity index is 1.40. The lowest BCUT2D eigenvalue weighted by atomic mass is 10.0. The molecule has 0 saturated carbocycles. The zero-order valence-electron chi connectivity index (χ0n) is 22.5. The number of rotatable bonds is 3. The molecule has 0 bridgehead atoms. The minimum atomic E-state index is 0.798. The fourth-order valence-corrected chi connectivity index (χ4v) is 6.27. The molecule has 4 nitrogen and oxygen atoms in total. The van der Waals surface area contributed by atoms with E-state index in [1.165, 1.54) is 0 Å². The van der Waals surface area contributed by atoms with Crippen LogP contribution in [-0.4, -0.2) is 14.5 Å². The van der Waals surface area contributed by atoms with Crippen LogP contribution >= 0.6 is 0 Å². The largest absolute Gasteiger partial charge is 0.455 e. The Morgan fingerprint density at radius 1 is 0.476 bits per heavy atom. The van der Waals surface area contributed by atoms with Crippen molar-refractivity contribution < 1.29 is 4.42 Å². The standard InChI is InChI=1S/C38H23N3O/c1-3-12-24(13-4-1)26-17-11-18-28-30-22-29-27-16-7-10-21-33(27)41(34(29)23-35(30)42-37(26)28)38-36(25-14-5-2-6-15-25)39-31-19-8-9-20-32(31)40-38/h1-23H. The molecule has 0 radical (unpaired) electrons. The second kappa shape index (κ2) is 8.88. The third kappa shape index (κ3) is 3.36. The zero-order valence-corrected chi connectivity index (χ0v) is 22.5. The highest BCUT2D eigenvalue weighted by atomic mass is 16.3. The Labute approximate surface area is 241 Å². The van der Waals surface area contributed by atoms with E-state index in [9.17, 15) is 0 Å². The Bertz CT molecular complexity index is 2460. The number of furan rings is 1. The van der Waals surface area contributed by atoms with Crippen LogP contribution in [0.25, 0.3) is 83.0 Å². The highest BCUT2D eigenvalue weighted by Gasteiger charge is 2.21. The summed E-state index contributed by atoms with van der Waals surface area (Å²) >= 11 is 0. The molecule has 0 atom stereocenters. The number of benzene rings is 6. The topological polar surface area (TPSA) is 43.9 Å². The Hall–Kier alpha value is -5.74. The van der Waals surface area contributed by atoms with Gasteiger partial charge in [-0.1, -0.05) is 109 Å². The molecular formula is C38H23N3O. The first-order valence-corrected chi connectivity index (χ1v) is 14.1. The van der Waals surface area contributed by atoms with Gasteiger partial charge in [0.15, 0.2) is 5.82 Å². The molecule has 0 aliphatic rings. The highest BCUT2D eigenvalue weighted by Crippen LogP contribution is 2.41. The zero-order chi connectivity index (χ0) is 27.6. The maximum atomic E-state index is 6.67. The first-order valence-electron chi connectivity index (χ1n) is 14.1. The summed E-state index contributed by atoms with van der Waals surface area (Å²) in [6.45, 7) is 0. The van der Waals surface area contributed by atoms with Gasteiger partial charge in [-0.2, -0.15) is 0 Å². The normalized spacial score (nSPS) is 11.8. The van der Waals surface area contributed by atoms with Crippen LogP contribution < -0.4 is 0 Å². The van der Waals surface area contributed by atoms with Gasteiger partial charge in [0.1, 0.15) is 16.9 Å². The molecule has 0 N–H and O–H groups in total. The molecule has 196 valence electrons. The van der Waals surface area contributed by atoms with E-state index in [0.717, 1.165) is 83.0 Å². The number of aromatic nitrogens is 3. The highest BCUT2D eigenvalue weighted by molar-refractivity contribution is 6.18. The Morgan fingerprint density at radius 3 is 1.95 bits per heavy atom. The Kier molecular flexibility index (Phi) is 4.87. The third-order valence-corrected chi connectivity index (χ3v) is 8.19. The molecule has 9 aromatic rings. The average molecular weight is 538 g/mol. The summed E-state index contributed by atoms with van der Waals surface area (Å²) in [5.41, 5.74) is 9.68. The summed E-state index contributed by atoms with van der Waals surface area (Å²) < 4.78 is 8.92. The van der Waals surface area contributed by atoms with Crippen molar-refractivity contribution in [3.63, 3.8) is 0 Å². The number of hydrogen-bond donors (Lipinski definition) is 0. The van der Waals surface area contributed by atoms with E-state index in [1.807, 2.05) is 48.5 Å². The summed E-state index contributed by atoms with van der Waals surface area (Å²) in [6.07, 6.45) is 0. The molecular weight excluding hydrogens is 514 g/mol. The molecule has 0 unspecified atom stereocenters. The van der Waals surface area contributed by atoms with Gasteiger partial charge >= 0.3 is 0 Å². The number of para-hydroxylation sites is 4. The van der Waals surface area contributed by atoms with Crippen LogP contribution in [0.1, 0.15) is 0 Å². The SMILES string of the molecule is c1ccc(-c2nc3ccccc3nc2-n2c3ccccc3c3cc4c(cc32)oc2c(-c3ccccc3)cccc24)cc1. The van der Waals surface area contributed by atoms with E-state index in [4.69, 9.17) is 14.4 Å². The molecule has 6 aromatic carbocycles. The first kappa shape index (κ1) is 23.0. The monoisotopic (exact) mass is 537 g/mol. The van der Waals surface area contributed by atoms with E-state index in [-0.39, 0.29) is 0 Å². The van der Waals surface area contributed by atoms with Crippen LogP contribution in [0.2, 0.25) is 0 Å². The number of fused-ring (bicyclic) bond motifs is 7. The maximum absolute atomic E-state index is 6.67. The van der Waals surface area contributed by atoms with Crippen LogP contribution in [0.15, 0.2) is 144 Å². The van der Waals surface area contributed by atoms with Gasteiger partial charge < -0.3 is 4.42 Å². The molecule has 0 aliphatic carbocycles. The predicted octanol–water partition coefficient (Wildman–Crippen LogP) is 9.96. The number of nitrogens with zero attached hydrogens (tertiary/aromatic N) is 3. The van der Waals surface area contributed by atoms with Gasteiger partial charge in [-0.15, -0.1) is 0 Å². The van der Waals surface area contributed by atoms with Crippen molar-refractivity contribution in [2.24, 2.45) is 0 Å². The van der Waals surface area contributed by atoms with Crippen molar-refractivity contribution in [2.75, 3.05) is 0 Å². The Morgan fingerprint density at radius 2 is 1.14 bits per heavy atom. The smallest absolute Gasteiger partial charge is 0.165 e. The third-order valence-electron chi connectivity index (χ3n) is 8.19. The molecule has 3 heterocycles. The fraction of sp³-hybridized carbons (Fsp3) is 0. The van der Waals surface area contributed by atoms with Crippen LogP contribution in [-0.2, 0) is 0 Å². The molecule has 0 amide bonds. The van der Waals surface area contributed by atoms with Gasteiger partial charge in [-0.3, -0.25) is 4.57 Å². The van der Waals surface area contributed by atoms with Crippen molar-refractivity contribution in [1.29, 1.82) is 0 Å². The molecule has 4 heteroatoms. The second-order valence-corrected chi connectivity index (χ2v) is 10.6. The molecule has 0 fully saturated rings. The molecule has 42 heavy (non-hydrogen) atoms. The summed E-state index contributed by atoms with van der Waals surface area (Å²) in [4.78, 5) is 10.4. The minimum absolute atomic E-state index is 0.798. The van der Waals surface area contributed by atoms with Crippen LogP contribution in [0.3, 0.4) is 0 Å². The van der Waals surface area contributed by atoms with Crippen molar-refractivity contribution in [1.82, 2.24) is 14.5 Å². The van der Waals surface area contributed by atoms with Crippen molar-refractivity contribution in [3.8, 4) is 28.2 Å². The number of hydrogen-bond acceptors (Lipinski definition) is 3. The molecule has 9 rings (SSSR count). The van der Waals surface area contributed by atoms with E-state index in [2.05, 4.69) is 95.6 Å². The maximum Gasteiger partial charge on any atom is 0.165 e. The van der Waals surface area contributed by atoms with Crippen molar-refractivity contribution in [3.05, 3.63) is 140 Å². The predicted molar refractivity (Wildman–Crippen MR) is 172 cm³/mol. The lowest BCUT2D eigenvalue weighted by Gasteiger charge is -2.13. The van der Waals surface area contributed by atoms with Crippen molar-refractivity contribution in [2.45, 2.75) is 0 Å². The first-order chi connectivity index (χ1) is 20.8. The van der Waals surface area contributed by atoms with Gasteiger partial charge in [0.05, 0.1) is 22.1 Å². The van der Waals surface area contributed by atoms with Gasteiger partial charge in [0.2, 0.25) is 0 Å². The quantitative estimate of drug-likeness (QED) is 0.225. The van der Waals surface area contributed by atoms with Gasteiger partial charge in [0, 0.05) is 38.7 Å². The lowest BCUT2D eigenvalue weighted by molar-refractivity contribution is 0.670. The molecule has 0 aliphatic heterocycles. The summed E-state index contributed by atoms with van der Waals surface area (Å²) in [6, 6.07) is 48.2. The van der Waals surface area contributed by atoms with Crippen molar-refractivity contribution >= 4 is 54.8 Å². The second-order valence-electron chi connectivity index (χ2n) is 10.6. The van der Waals surface area contributed by atoms with Crippen LogP contribution in [0.4, 0.5) is 0 Å². The van der Waals surface area contributed by atoms with E-state index in [0.29, 0.717) is 0 Å². The molecule has 3 aromatic heterocycles. The summed E-state index contributed by atoms with van der Waals surface area (Å²) in [5.74, 6) is 0.798. The van der Waals surface area contributed by atoms with Gasteiger partial charge in [0.25, 0.3) is 0 Å². The van der Waals surface area contributed by atoms with Gasteiger partial charge in [-0.25, -0.2) is 9.97 Å². The fourth-order valence-electron chi connectivity index (χ4n) is 6.27.